The number of aryl methyl sites for hydroxylation is 3. The van der Waals surface area contributed by atoms with Gasteiger partial charge in [0.05, 0.1) is 5.69 Å². The first kappa shape index (κ1) is 10.3. The number of aromatic nitrogens is 4. The van der Waals surface area contributed by atoms with Gasteiger partial charge >= 0.3 is 0 Å². The largest absolute Gasteiger partial charge is 0.227 e. The van der Waals surface area contributed by atoms with E-state index in [0.29, 0.717) is 4.73 Å². The first-order valence-corrected chi connectivity index (χ1v) is 5.40. The average Bonchev–Trinajstić information content (AvgIpc) is 2.43. The number of rotatable bonds is 1. The average molecular weight is 267 g/mol. The van der Waals surface area contributed by atoms with Crippen LogP contribution in [0.1, 0.15) is 17.1 Å². The summed E-state index contributed by atoms with van der Waals surface area (Å²) in [6.45, 7) is 5.90. The molecule has 0 aliphatic carbocycles. The van der Waals surface area contributed by atoms with Gasteiger partial charge in [-0.3, -0.25) is 0 Å². The predicted octanol–water partition coefficient (Wildman–Crippen LogP) is 2.35. The van der Waals surface area contributed by atoms with E-state index in [4.69, 9.17) is 0 Å². The molecular weight excluding hydrogens is 256 g/mol. The van der Waals surface area contributed by atoms with E-state index in [2.05, 4.69) is 31.0 Å². The van der Waals surface area contributed by atoms with Gasteiger partial charge in [0, 0.05) is 17.5 Å². The van der Waals surface area contributed by atoms with E-state index in [1.165, 1.54) is 0 Å². The van der Waals surface area contributed by atoms with Gasteiger partial charge in [-0.2, -0.15) is 5.10 Å². The minimum atomic E-state index is 0.588. The van der Waals surface area contributed by atoms with Crippen LogP contribution in [0.5, 0.6) is 0 Å². The van der Waals surface area contributed by atoms with E-state index in [1.807, 2.05) is 37.6 Å². The lowest BCUT2D eigenvalue weighted by Crippen LogP contribution is -2.03. The van der Waals surface area contributed by atoms with Crippen LogP contribution in [0.2, 0.25) is 0 Å². The molecule has 2 rings (SSSR count). The Hall–Kier alpha value is -1.23. The van der Waals surface area contributed by atoms with Crippen LogP contribution in [-0.4, -0.2) is 19.7 Å². The molecule has 0 N–H and O–H groups in total. The number of hydrogen-bond donors (Lipinski definition) is 0. The molecule has 0 saturated carbocycles. The zero-order chi connectivity index (χ0) is 11.0. The molecule has 0 radical (unpaired) electrons. The van der Waals surface area contributed by atoms with Gasteiger partial charge in [-0.15, -0.1) is 0 Å². The molecular formula is C10H11BrN4. The molecule has 0 aromatic carbocycles. The zero-order valence-electron chi connectivity index (χ0n) is 8.82. The molecule has 0 atom stereocenters. The van der Waals surface area contributed by atoms with E-state index in [0.717, 1.165) is 22.9 Å². The SMILES string of the molecule is Cc1cc(-n2nc(C)cc2C)nc(Br)n1. The minimum Gasteiger partial charge on any atom is -0.227 e. The highest BCUT2D eigenvalue weighted by Gasteiger charge is 2.06. The maximum Gasteiger partial charge on any atom is 0.198 e. The van der Waals surface area contributed by atoms with Crippen LogP contribution in [-0.2, 0) is 0 Å². The molecule has 0 aliphatic heterocycles. The lowest BCUT2D eigenvalue weighted by molar-refractivity contribution is 0.792. The lowest BCUT2D eigenvalue weighted by Gasteiger charge is -2.04. The van der Waals surface area contributed by atoms with Crippen molar-refractivity contribution in [1.82, 2.24) is 19.7 Å². The number of halogens is 1. The molecule has 2 aromatic rings. The fourth-order valence-corrected chi connectivity index (χ4v) is 1.95. The van der Waals surface area contributed by atoms with Gasteiger partial charge in [-0.05, 0) is 42.8 Å². The Morgan fingerprint density at radius 1 is 1.07 bits per heavy atom. The molecule has 4 nitrogen and oxygen atoms in total. The Labute approximate surface area is 96.5 Å². The Balaban J connectivity index is 2.58. The maximum atomic E-state index is 4.37. The van der Waals surface area contributed by atoms with Crippen molar-refractivity contribution in [2.24, 2.45) is 0 Å². The van der Waals surface area contributed by atoms with Crippen molar-refractivity contribution in [2.45, 2.75) is 20.8 Å². The van der Waals surface area contributed by atoms with Crippen LogP contribution < -0.4 is 0 Å². The van der Waals surface area contributed by atoms with Gasteiger partial charge in [0.2, 0.25) is 0 Å². The highest BCUT2D eigenvalue weighted by Crippen LogP contribution is 2.13. The Kier molecular flexibility index (Phi) is 2.56. The standard InChI is InChI=1S/C10H11BrN4/c1-6-5-9(13-10(11)12-6)15-8(3)4-7(2)14-15/h4-5H,1-3H3. The molecule has 0 unspecified atom stereocenters. The molecule has 0 bridgehead atoms. The second-order valence-corrected chi connectivity index (χ2v) is 4.18. The normalized spacial score (nSPS) is 10.7. The third-order valence-electron chi connectivity index (χ3n) is 2.04. The highest BCUT2D eigenvalue weighted by atomic mass is 79.9. The van der Waals surface area contributed by atoms with E-state index in [9.17, 15) is 0 Å². The fourth-order valence-electron chi connectivity index (χ4n) is 1.49. The summed E-state index contributed by atoms with van der Waals surface area (Å²) < 4.78 is 2.40. The predicted molar refractivity (Wildman–Crippen MR) is 61.1 cm³/mol. The van der Waals surface area contributed by atoms with Crippen molar-refractivity contribution in [3.63, 3.8) is 0 Å². The molecule has 0 amide bonds. The topological polar surface area (TPSA) is 43.6 Å². The van der Waals surface area contributed by atoms with Gasteiger partial charge in [-0.25, -0.2) is 14.6 Å². The summed E-state index contributed by atoms with van der Waals surface area (Å²) in [6, 6.07) is 3.93. The van der Waals surface area contributed by atoms with Crippen molar-refractivity contribution in [3.8, 4) is 5.82 Å². The fraction of sp³-hybridized carbons (Fsp3) is 0.300. The molecule has 0 fully saturated rings. The minimum absolute atomic E-state index is 0.588. The molecule has 0 saturated heterocycles. The zero-order valence-corrected chi connectivity index (χ0v) is 10.4. The van der Waals surface area contributed by atoms with E-state index < -0.39 is 0 Å². The first-order valence-electron chi connectivity index (χ1n) is 4.61. The van der Waals surface area contributed by atoms with Crippen molar-refractivity contribution in [3.05, 3.63) is 33.9 Å². The summed E-state index contributed by atoms with van der Waals surface area (Å²) in [6.07, 6.45) is 0. The number of hydrogen-bond acceptors (Lipinski definition) is 3. The summed E-state index contributed by atoms with van der Waals surface area (Å²) in [4.78, 5) is 8.45. The molecule has 15 heavy (non-hydrogen) atoms. The van der Waals surface area contributed by atoms with Crippen LogP contribution in [0.3, 0.4) is 0 Å². The second kappa shape index (κ2) is 3.73. The molecule has 2 aromatic heterocycles. The molecule has 2 heterocycles. The highest BCUT2D eigenvalue weighted by molar-refractivity contribution is 9.10. The van der Waals surface area contributed by atoms with Gasteiger partial charge < -0.3 is 0 Å². The van der Waals surface area contributed by atoms with Gasteiger partial charge in [0.1, 0.15) is 0 Å². The van der Waals surface area contributed by atoms with Gasteiger partial charge in [0.25, 0.3) is 0 Å². The lowest BCUT2D eigenvalue weighted by atomic mass is 10.4. The molecule has 0 aliphatic rings. The van der Waals surface area contributed by atoms with Gasteiger partial charge in [0.15, 0.2) is 10.6 Å². The summed E-state index contributed by atoms with van der Waals surface area (Å²) >= 11 is 3.28. The summed E-state index contributed by atoms with van der Waals surface area (Å²) in [7, 11) is 0. The van der Waals surface area contributed by atoms with Crippen LogP contribution in [0.25, 0.3) is 5.82 Å². The van der Waals surface area contributed by atoms with Gasteiger partial charge in [-0.1, -0.05) is 0 Å². The second-order valence-electron chi connectivity index (χ2n) is 3.48. The third kappa shape index (κ3) is 2.07. The molecule has 5 heteroatoms. The van der Waals surface area contributed by atoms with E-state index in [1.54, 1.807) is 0 Å². The smallest absolute Gasteiger partial charge is 0.198 e. The van der Waals surface area contributed by atoms with Crippen LogP contribution in [0, 0.1) is 20.8 Å². The Morgan fingerprint density at radius 2 is 1.80 bits per heavy atom. The van der Waals surface area contributed by atoms with Crippen molar-refractivity contribution in [1.29, 1.82) is 0 Å². The van der Waals surface area contributed by atoms with Crippen LogP contribution in [0.15, 0.2) is 16.9 Å². The van der Waals surface area contributed by atoms with E-state index in [-0.39, 0.29) is 0 Å². The maximum absolute atomic E-state index is 4.37. The van der Waals surface area contributed by atoms with Crippen LogP contribution >= 0.6 is 15.9 Å². The van der Waals surface area contributed by atoms with Crippen LogP contribution in [0.4, 0.5) is 0 Å². The first-order chi connectivity index (χ1) is 7.06. The molecule has 0 spiro atoms. The third-order valence-corrected chi connectivity index (χ3v) is 2.39. The number of nitrogens with zero attached hydrogens (tertiary/aromatic N) is 4. The van der Waals surface area contributed by atoms with Crippen molar-refractivity contribution < 1.29 is 0 Å². The van der Waals surface area contributed by atoms with Crippen molar-refractivity contribution >= 4 is 15.9 Å². The monoisotopic (exact) mass is 266 g/mol. The quantitative estimate of drug-likeness (QED) is 0.745. The summed E-state index contributed by atoms with van der Waals surface area (Å²) in [5, 5.41) is 4.37. The Bertz CT molecular complexity index is 484. The van der Waals surface area contributed by atoms with Crippen molar-refractivity contribution in [2.75, 3.05) is 0 Å². The summed E-state index contributed by atoms with van der Waals surface area (Å²) in [5.74, 6) is 0.792. The summed E-state index contributed by atoms with van der Waals surface area (Å²) in [5.41, 5.74) is 2.97. The van der Waals surface area contributed by atoms with E-state index >= 15 is 0 Å². The molecule has 78 valence electrons. The Morgan fingerprint density at radius 3 is 2.33 bits per heavy atom.